The molecule has 0 aliphatic rings. The summed E-state index contributed by atoms with van der Waals surface area (Å²) >= 11 is 0. The first kappa shape index (κ1) is 18.4. The average Bonchev–Trinajstić information content (AvgIpc) is 2.68. The molecule has 4 rings (SSSR count). The molecule has 4 N–H and O–H groups in total. The minimum Gasteiger partial charge on any atom is -0.368 e. The Morgan fingerprint density at radius 2 is 1.66 bits per heavy atom. The molecular formula is C23H21N5O. The number of amides is 1. The van der Waals surface area contributed by atoms with E-state index in [4.69, 9.17) is 5.73 Å². The highest BCUT2D eigenvalue weighted by atomic mass is 16.1. The Bertz CT molecular complexity index is 1200. The number of fused-ring (bicyclic) bond motifs is 1. The van der Waals surface area contributed by atoms with Crippen LogP contribution in [0.3, 0.4) is 0 Å². The molecule has 1 heterocycles. The van der Waals surface area contributed by atoms with E-state index in [1.165, 1.54) is 6.92 Å². The standard InChI is InChI=1S/C23H21N5O/c1-14-4-3-5-19(12-14)26-22-20-13-17(8-11-21(20)27-23(24)28-22)16-6-9-18(10-7-16)25-15(2)29/h3-13H,1-2H3,(H,25,29)(H3,24,26,27,28). The van der Waals surface area contributed by atoms with E-state index in [0.717, 1.165) is 39.0 Å². The van der Waals surface area contributed by atoms with E-state index < -0.39 is 0 Å². The van der Waals surface area contributed by atoms with E-state index in [9.17, 15) is 4.79 Å². The number of anilines is 4. The molecule has 0 spiro atoms. The number of rotatable bonds is 4. The number of aromatic nitrogens is 2. The summed E-state index contributed by atoms with van der Waals surface area (Å²) in [6.45, 7) is 3.53. The summed E-state index contributed by atoms with van der Waals surface area (Å²) in [5, 5.41) is 7.02. The predicted molar refractivity (Wildman–Crippen MR) is 118 cm³/mol. The van der Waals surface area contributed by atoms with E-state index in [2.05, 4.69) is 26.7 Å². The average molecular weight is 383 g/mol. The van der Waals surface area contributed by atoms with Crippen LogP contribution >= 0.6 is 0 Å². The van der Waals surface area contributed by atoms with Crippen LogP contribution in [0.25, 0.3) is 22.0 Å². The maximum atomic E-state index is 11.2. The molecule has 4 aromatic rings. The maximum absolute atomic E-state index is 11.2. The number of hydrogen-bond acceptors (Lipinski definition) is 5. The Balaban J connectivity index is 1.74. The minimum atomic E-state index is -0.0925. The lowest BCUT2D eigenvalue weighted by molar-refractivity contribution is -0.114. The summed E-state index contributed by atoms with van der Waals surface area (Å²) in [7, 11) is 0. The van der Waals surface area contributed by atoms with Crippen LogP contribution in [-0.4, -0.2) is 15.9 Å². The van der Waals surface area contributed by atoms with Gasteiger partial charge >= 0.3 is 0 Å². The van der Waals surface area contributed by atoms with Crippen molar-refractivity contribution in [3.8, 4) is 11.1 Å². The molecule has 0 unspecified atom stereocenters. The third-order valence-corrected chi connectivity index (χ3v) is 4.53. The number of nitrogens with one attached hydrogen (secondary N) is 2. The number of hydrogen-bond donors (Lipinski definition) is 3. The minimum absolute atomic E-state index is 0.0925. The van der Waals surface area contributed by atoms with Crippen LogP contribution < -0.4 is 16.4 Å². The van der Waals surface area contributed by atoms with Crippen LogP contribution in [0.15, 0.2) is 66.7 Å². The number of benzene rings is 3. The third kappa shape index (κ3) is 4.16. The zero-order valence-electron chi connectivity index (χ0n) is 16.2. The fourth-order valence-electron chi connectivity index (χ4n) is 3.23. The van der Waals surface area contributed by atoms with Crippen molar-refractivity contribution in [1.82, 2.24) is 9.97 Å². The molecule has 0 bridgehead atoms. The highest BCUT2D eigenvalue weighted by molar-refractivity contribution is 5.95. The first-order valence-electron chi connectivity index (χ1n) is 9.27. The largest absolute Gasteiger partial charge is 0.368 e. The number of nitrogens with zero attached hydrogens (tertiary/aromatic N) is 2. The fraction of sp³-hybridized carbons (Fsp3) is 0.0870. The second-order valence-corrected chi connectivity index (χ2v) is 6.92. The first-order valence-corrected chi connectivity index (χ1v) is 9.27. The first-order chi connectivity index (χ1) is 14.0. The van der Waals surface area contributed by atoms with Gasteiger partial charge < -0.3 is 16.4 Å². The van der Waals surface area contributed by atoms with Crippen molar-refractivity contribution in [1.29, 1.82) is 0 Å². The quantitative estimate of drug-likeness (QED) is 0.467. The smallest absolute Gasteiger partial charge is 0.222 e. The van der Waals surface area contributed by atoms with E-state index in [-0.39, 0.29) is 11.9 Å². The third-order valence-electron chi connectivity index (χ3n) is 4.53. The van der Waals surface area contributed by atoms with Crippen molar-refractivity contribution in [3.63, 3.8) is 0 Å². The molecule has 29 heavy (non-hydrogen) atoms. The second kappa shape index (κ2) is 7.59. The molecule has 6 heteroatoms. The zero-order valence-corrected chi connectivity index (χ0v) is 16.2. The van der Waals surface area contributed by atoms with Crippen molar-refractivity contribution in [2.75, 3.05) is 16.4 Å². The lowest BCUT2D eigenvalue weighted by Gasteiger charge is -2.12. The van der Waals surface area contributed by atoms with Crippen LogP contribution in [0.4, 0.5) is 23.1 Å². The fourth-order valence-corrected chi connectivity index (χ4v) is 3.23. The molecule has 0 saturated heterocycles. The van der Waals surface area contributed by atoms with Gasteiger partial charge in [-0.2, -0.15) is 4.98 Å². The SMILES string of the molecule is CC(=O)Nc1ccc(-c2ccc3nc(N)nc(Nc4cccc(C)c4)c3c2)cc1. The van der Waals surface area contributed by atoms with E-state index in [1.54, 1.807) is 0 Å². The highest BCUT2D eigenvalue weighted by Gasteiger charge is 2.09. The van der Waals surface area contributed by atoms with Gasteiger partial charge in [0.2, 0.25) is 11.9 Å². The molecular weight excluding hydrogens is 362 g/mol. The number of carbonyl (C=O) groups is 1. The van der Waals surface area contributed by atoms with Crippen molar-refractivity contribution < 1.29 is 4.79 Å². The van der Waals surface area contributed by atoms with Crippen molar-refractivity contribution >= 4 is 40.0 Å². The molecule has 0 aliphatic carbocycles. The molecule has 0 saturated carbocycles. The molecule has 3 aromatic carbocycles. The second-order valence-electron chi connectivity index (χ2n) is 6.92. The maximum Gasteiger partial charge on any atom is 0.222 e. The summed E-state index contributed by atoms with van der Waals surface area (Å²) in [6, 6.07) is 21.8. The van der Waals surface area contributed by atoms with Gasteiger partial charge in [0.25, 0.3) is 0 Å². The Morgan fingerprint density at radius 1 is 0.897 bits per heavy atom. The summed E-state index contributed by atoms with van der Waals surface area (Å²) in [5.41, 5.74) is 11.6. The van der Waals surface area contributed by atoms with Gasteiger partial charge in [-0.25, -0.2) is 4.98 Å². The molecule has 0 radical (unpaired) electrons. The molecule has 144 valence electrons. The Labute approximate surface area is 168 Å². The van der Waals surface area contributed by atoms with Gasteiger partial charge in [-0.05, 0) is 60.0 Å². The van der Waals surface area contributed by atoms with Gasteiger partial charge in [0.05, 0.1) is 5.52 Å². The van der Waals surface area contributed by atoms with Crippen molar-refractivity contribution in [2.24, 2.45) is 0 Å². The van der Waals surface area contributed by atoms with E-state index >= 15 is 0 Å². The lowest BCUT2D eigenvalue weighted by atomic mass is 10.0. The number of nitrogens with two attached hydrogens (primary N) is 1. The summed E-state index contributed by atoms with van der Waals surface area (Å²) in [6.07, 6.45) is 0. The van der Waals surface area contributed by atoms with Crippen LogP contribution in [0, 0.1) is 6.92 Å². The molecule has 6 nitrogen and oxygen atoms in total. The lowest BCUT2D eigenvalue weighted by Crippen LogP contribution is -2.05. The van der Waals surface area contributed by atoms with Crippen LogP contribution in [-0.2, 0) is 4.79 Å². The summed E-state index contributed by atoms with van der Waals surface area (Å²) in [4.78, 5) is 20.0. The van der Waals surface area contributed by atoms with Crippen molar-refractivity contribution in [3.05, 3.63) is 72.3 Å². The van der Waals surface area contributed by atoms with Gasteiger partial charge in [0.1, 0.15) is 5.82 Å². The summed E-state index contributed by atoms with van der Waals surface area (Å²) in [5.74, 6) is 0.792. The van der Waals surface area contributed by atoms with Gasteiger partial charge in [0, 0.05) is 23.7 Å². The van der Waals surface area contributed by atoms with Gasteiger partial charge in [0.15, 0.2) is 0 Å². The Kier molecular flexibility index (Phi) is 4.83. The molecule has 0 fully saturated rings. The van der Waals surface area contributed by atoms with E-state index in [0.29, 0.717) is 5.82 Å². The molecule has 1 amide bonds. The highest BCUT2D eigenvalue weighted by Crippen LogP contribution is 2.30. The van der Waals surface area contributed by atoms with Crippen LogP contribution in [0.1, 0.15) is 12.5 Å². The zero-order chi connectivity index (χ0) is 20.4. The van der Waals surface area contributed by atoms with Gasteiger partial charge in [-0.15, -0.1) is 0 Å². The van der Waals surface area contributed by atoms with Crippen LogP contribution in [0.2, 0.25) is 0 Å². The molecule has 0 atom stereocenters. The van der Waals surface area contributed by atoms with Gasteiger partial charge in [-0.3, -0.25) is 4.79 Å². The Morgan fingerprint density at radius 3 is 2.38 bits per heavy atom. The van der Waals surface area contributed by atoms with Gasteiger partial charge in [-0.1, -0.05) is 30.3 Å². The summed E-state index contributed by atoms with van der Waals surface area (Å²) < 4.78 is 0. The van der Waals surface area contributed by atoms with Crippen LogP contribution in [0.5, 0.6) is 0 Å². The number of nitrogen functional groups attached to an aromatic ring is 1. The van der Waals surface area contributed by atoms with Crippen molar-refractivity contribution in [2.45, 2.75) is 13.8 Å². The topological polar surface area (TPSA) is 92.9 Å². The Hall–Kier alpha value is -3.93. The predicted octanol–water partition coefficient (Wildman–Crippen LogP) is 4.89. The molecule has 1 aromatic heterocycles. The van der Waals surface area contributed by atoms with E-state index in [1.807, 2.05) is 67.6 Å². The molecule has 0 aliphatic heterocycles. The normalized spacial score (nSPS) is 10.7. The number of aryl methyl sites for hydroxylation is 1. The number of carbonyl (C=O) groups excluding carboxylic acids is 1. The monoisotopic (exact) mass is 383 g/mol.